The van der Waals surface area contributed by atoms with Crippen LogP contribution < -0.4 is 11.1 Å². The molecule has 110 valence electrons. The maximum absolute atomic E-state index is 12.8. The molecule has 0 spiro atoms. The van der Waals surface area contributed by atoms with E-state index in [1.807, 2.05) is 6.08 Å². The maximum Gasteiger partial charge on any atom is 0.105 e. The van der Waals surface area contributed by atoms with Gasteiger partial charge in [-0.05, 0) is 29.9 Å². The van der Waals surface area contributed by atoms with Crippen molar-refractivity contribution in [3.8, 4) is 0 Å². The van der Waals surface area contributed by atoms with Crippen LogP contribution in [-0.4, -0.2) is 19.3 Å². The summed E-state index contributed by atoms with van der Waals surface area (Å²) < 4.78 is 12.8. The molecule has 2 nitrogen and oxygen atoms in total. The van der Waals surface area contributed by atoms with Crippen LogP contribution in [-0.2, 0) is 0 Å². The quantitative estimate of drug-likeness (QED) is 0.782. The Labute approximate surface area is 121 Å². The van der Waals surface area contributed by atoms with Gasteiger partial charge in [0, 0.05) is 24.5 Å². The minimum Gasteiger partial charge on any atom is -0.325 e. The molecule has 1 heterocycles. The monoisotopic (exact) mass is 276 g/mol. The van der Waals surface area contributed by atoms with Gasteiger partial charge < -0.3 is 11.1 Å². The van der Waals surface area contributed by atoms with E-state index in [2.05, 4.69) is 43.1 Å². The highest BCUT2D eigenvalue weighted by molar-refractivity contribution is 5.29. The number of nitrogens with two attached hydrogens (primary N) is 1. The second-order valence-corrected chi connectivity index (χ2v) is 5.69. The molecule has 20 heavy (non-hydrogen) atoms. The van der Waals surface area contributed by atoms with Gasteiger partial charge >= 0.3 is 0 Å². The lowest BCUT2D eigenvalue weighted by Crippen LogP contribution is -2.30. The van der Waals surface area contributed by atoms with E-state index in [0.29, 0.717) is 12.0 Å². The number of halogens is 1. The SMILES string of the molecule is C=CC1CNC(c2ccc(C(CC)C(N)CF)cc2)C1. The Morgan fingerprint density at radius 3 is 2.65 bits per heavy atom. The van der Waals surface area contributed by atoms with E-state index in [9.17, 15) is 4.39 Å². The van der Waals surface area contributed by atoms with E-state index in [1.54, 1.807) is 0 Å². The lowest BCUT2D eigenvalue weighted by atomic mass is 9.89. The van der Waals surface area contributed by atoms with E-state index < -0.39 is 12.7 Å². The third-order valence-corrected chi connectivity index (χ3v) is 4.40. The summed E-state index contributed by atoms with van der Waals surface area (Å²) in [4.78, 5) is 0. The molecule has 1 aliphatic heterocycles. The van der Waals surface area contributed by atoms with Gasteiger partial charge in [0.1, 0.15) is 6.67 Å². The lowest BCUT2D eigenvalue weighted by Gasteiger charge is -2.21. The minimum absolute atomic E-state index is 0.103. The molecule has 1 aliphatic rings. The summed E-state index contributed by atoms with van der Waals surface area (Å²) in [6.07, 6.45) is 3.99. The molecule has 0 aliphatic carbocycles. The van der Waals surface area contributed by atoms with Crippen molar-refractivity contribution in [2.24, 2.45) is 11.7 Å². The molecular weight excluding hydrogens is 251 g/mol. The van der Waals surface area contributed by atoms with Crippen LogP contribution in [0.25, 0.3) is 0 Å². The number of rotatable bonds is 6. The maximum atomic E-state index is 12.8. The van der Waals surface area contributed by atoms with Gasteiger partial charge in [-0.2, -0.15) is 0 Å². The highest BCUT2D eigenvalue weighted by atomic mass is 19.1. The predicted molar refractivity (Wildman–Crippen MR) is 82.5 cm³/mol. The van der Waals surface area contributed by atoms with Crippen molar-refractivity contribution in [1.29, 1.82) is 0 Å². The Morgan fingerprint density at radius 2 is 2.15 bits per heavy atom. The summed E-state index contributed by atoms with van der Waals surface area (Å²) in [6, 6.07) is 8.49. The van der Waals surface area contributed by atoms with Gasteiger partial charge in [0.25, 0.3) is 0 Å². The van der Waals surface area contributed by atoms with Crippen LogP contribution in [0.3, 0.4) is 0 Å². The molecular formula is C17H25FN2. The molecule has 0 amide bonds. The average molecular weight is 276 g/mol. The number of nitrogens with one attached hydrogen (secondary N) is 1. The first-order valence-electron chi connectivity index (χ1n) is 7.46. The zero-order chi connectivity index (χ0) is 14.5. The highest BCUT2D eigenvalue weighted by Crippen LogP contribution is 2.29. The minimum atomic E-state index is -0.467. The molecule has 1 saturated heterocycles. The number of alkyl halides is 1. The van der Waals surface area contributed by atoms with Crippen LogP contribution in [0.1, 0.15) is 42.9 Å². The molecule has 0 radical (unpaired) electrons. The molecule has 2 rings (SSSR count). The number of benzene rings is 1. The predicted octanol–water partition coefficient (Wildman–Crippen LogP) is 3.31. The van der Waals surface area contributed by atoms with Gasteiger partial charge in [0.05, 0.1) is 0 Å². The largest absolute Gasteiger partial charge is 0.325 e. The van der Waals surface area contributed by atoms with Gasteiger partial charge in [0.15, 0.2) is 0 Å². The van der Waals surface area contributed by atoms with Crippen LogP contribution in [0.2, 0.25) is 0 Å². The molecule has 1 aromatic carbocycles. The van der Waals surface area contributed by atoms with Crippen LogP contribution in [0, 0.1) is 5.92 Å². The summed E-state index contributed by atoms with van der Waals surface area (Å²) in [5.41, 5.74) is 8.29. The van der Waals surface area contributed by atoms with Crippen LogP contribution in [0.5, 0.6) is 0 Å². The van der Waals surface area contributed by atoms with Crippen molar-refractivity contribution in [2.45, 2.75) is 37.8 Å². The smallest absolute Gasteiger partial charge is 0.105 e. The Kier molecular flexibility index (Phi) is 5.32. The van der Waals surface area contributed by atoms with Crippen molar-refractivity contribution in [3.05, 3.63) is 48.0 Å². The fraction of sp³-hybridized carbons (Fsp3) is 0.529. The van der Waals surface area contributed by atoms with Crippen molar-refractivity contribution in [2.75, 3.05) is 13.2 Å². The summed E-state index contributed by atoms with van der Waals surface area (Å²) in [5, 5.41) is 3.51. The number of hydrogen-bond acceptors (Lipinski definition) is 2. The van der Waals surface area contributed by atoms with Crippen LogP contribution >= 0.6 is 0 Å². The van der Waals surface area contributed by atoms with Gasteiger partial charge in [0.2, 0.25) is 0 Å². The Hall–Kier alpha value is -1.19. The first-order chi connectivity index (χ1) is 9.69. The Morgan fingerprint density at radius 1 is 1.45 bits per heavy atom. The second-order valence-electron chi connectivity index (χ2n) is 5.69. The third kappa shape index (κ3) is 3.28. The van der Waals surface area contributed by atoms with E-state index in [1.165, 1.54) is 5.56 Å². The topological polar surface area (TPSA) is 38.0 Å². The zero-order valence-corrected chi connectivity index (χ0v) is 12.2. The van der Waals surface area contributed by atoms with E-state index in [4.69, 9.17) is 5.73 Å². The average Bonchev–Trinajstić information content (AvgIpc) is 2.97. The molecule has 0 bridgehead atoms. The van der Waals surface area contributed by atoms with Crippen molar-refractivity contribution >= 4 is 0 Å². The summed E-state index contributed by atoms with van der Waals surface area (Å²) in [6.45, 7) is 6.45. The van der Waals surface area contributed by atoms with Gasteiger partial charge in [-0.15, -0.1) is 6.58 Å². The van der Waals surface area contributed by atoms with Crippen molar-refractivity contribution in [3.63, 3.8) is 0 Å². The fourth-order valence-electron chi connectivity index (χ4n) is 3.07. The van der Waals surface area contributed by atoms with E-state index >= 15 is 0 Å². The molecule has 4 unspecified atom stereocenters. The zero-order valence-electron chi connectivity index (χ0n) is 12.2. The standard InChI is InChI=1S/C17H25FN2/c1-3-12-9-17(20-11-12)14-7-5-13(6-8-14)15(4-2)16(19)10-18/h3,5-8,12,15-17,20H,1,4,9-11,19H2,2H3. The molecule has 4 atom stereocenters. The second kappa shape index (κ2) is 7.00. The van der Waals surface area contributed by atoms with Crippen LogP contribution in [0.4, 0.5) is 4.39 Å². The van der Waals surface area contributed by atoms with Crippen LogP contribution in [0.15, 0.2) is 36.9 Å². The van der Waals surface area contributed by atoms with E-state index in [-0.39, 0.29) is 5.92 Å². The van der Waals surface area contributed by atoms with Gasteiger partial charge in [-0.25, -0.2) is 4.39 Å². The molecule has 0 aromatic heterocycles. The summed E-state index contributed by atoms with van der Waals surface area (Å²) in [5.74, 6) is 0.662. The number of hydrogen-bond donors (Lipinski definition) is 2. The van der Waals surface area contributed by atoms with Gasteiger partial charge in [-0.1, -0.05) is 37.3 Å². The third-order valence-electron chi connectivity index (χ3n) is 4.40. The summed E-state index contributed by atoms with van der Waals surface area (Å²) >= 11 is 0. The first-order valence-corrected chi connectivity index (χ1v) is 7.46. The van der Waals surface area contributed by atoms with Crippen molar-refractivity contribution < 1.29 is 4.39 Å². The summed E-state index contributed by atoms with van der Waals surface area (Å²) in [7, 11) is 0. The fourth-order valence-corrected chi connectivity index (χ4v) is 3.07. The molecule has 3 heteroatoms. The van der Waals surface area contributed by atoms with Crippen molar-refractivity contribution in [1.82, 2.24) is 5.32 Å². The van der Waals surface area contributed by atoms with Gasteiger partial charge in [-0.3, -0.25) is 0 Å². The molecule has 3 N–H and O–H groups in total. The lowest BCUT2D eigenvalue weighted by molar-refractivity contribution is 0.380. The highest BCUT2D eigenvalue weighted by Gasteiger charge is 2.23. The normalized spacial score (nSPS) is 25.4. The Balaban J connectivity index is 2.08. The molecule has 1 aromatic rings. The molecule has 1 fully saturated rings. The first kappa shape index (κ1) is 15.2. The Bertz CT molecular complexity index is 429. The molecule has 0 saturated carbocycles. The van der Waals surface area contributed by atoms with E-state index in [0.717, 1.165) is 24.9 Å².